The summed E-state index contributed by atoms with van der Waals surface area (Å²) in [6.45, 7) is 0.482. The van der Waals surface area contributed by atoms with Crippen molar-refractivity contribution in [3.05, 3.63) is 47.6 Å². The molecule has 21 heavy (non-hydrogen) atoms. The van der Waals surface area contributed by atoms with Gasteiger partial charge >= 0.3 is 0 Å². The first-order valence-corrected chi connectivity index (χ1v) is 7.47. The van der Waals surface area contributed by atoms with Crippen molar-refractivity contribution in [2.75, 3.05) is 6.54 Å². The van der Waals surface area contributed by atoms with Crippen LogP contribution in [0, 0.1) is 0 Å². The molecule has 4 nitrogen and oxygen atoms in total. The monoisotopic (exact) mass is 307 g/mol. The second kappa shape index (κ2) is 7.57. The fraction of sp³-hybridized carbons (Fsp3) is 0.500. The highest BCUT2D eigenvalue weighted by molar-refractivity contribution is 5.85. The zero-order chi connectivity index (χ0) is 13.8. The lowest BCUT2D eigenvalue weighted by atomic mass is 9.89. The van der Waals surface area contributed by atoms with E-state index in [1.54, 1.807) is 0 Å². The first-order chi connectivity index (χ1) is 9.88. The molecule has 1 heterocycles. The zero-order valence-electron chi connectivity index (χ0n) is 12.1. The average Bonchev–Trinajstić information content (AvgIpc) is 3.00. The number of hydrogen-bond acceptors (Lipinski definition) is 4. The number of halogens is 1. The Kier molecular flexibility index (Phi) is 5.76. The van der Waals surface area contributed by atoms with E-state index in [9.17, 15) is 0 Å². The molecule has 3 rings (SSSR count). The van der Waals surface area contributed by atoms with Crippen LogP contribution >= 0.6 is 12.4 Å². The highest BCUT2D eigenvalue weighted by Crippen LogP contribution is 2.32. The normalized spacial score (nSPS) is 17.2. The summed E-state index contributed by atoms with van der Waals surface area (Å²) in [5, 5.41) is 4.19. The van der Waals surface area contributed by atoms with Gasteiger partial charge in [-0.2, -0.15) is 4.98 Å². The number of hydrogen-bond donors (Lipinski definition) is 1. The van der Waals surface area contributed by atoms with Gasteiger partial charge in [0.2, 0.25) is 5.89 Å². The quantitative estimate of drug-likeness (QED) is 0.936. The van der Waals surface area contributed by atoms with Crippen molar-refractivity contribution >= 4 is 12.4 Å². The summed E-state index contributed by atoms with van der Waals surface area (Å²) >= 11 is 0. The summed E-state index contributed by atoms with van der Waals surface area (Å²) in [4.78, 5) is 4.62. The molecule has 5 heteroatoms. The molecular formula is C16H22ClN3O. The van der Waals surface area contributed by atoms with Gasteiger partial charge in [0.1, 0.15) is 0 Å². The summed E-state index contributed by atoms with van der Waals surface area (Å²) < 4.78 is 5.48. The van der Waals surface area contributed by atoms with Crippen molar-refractivity contribution in [3.63, 3.8) is 0 Å². The number of nitrogens with two attached hydrogens (primary N) is 1. The third kappa shape index (κ3) is 3.63. The molecule has 1 aromatic carbocycles. The lowest BCUT2D eigenvalue weighted by Crippen LogP contribution is -2.14. The Morgan fingerprint density at radius 2 is 1.86 bits per heavy atom. The fourth-order valence-electron chi connectivity index (χ4n) is 2.98. The van der Waals surface area contributed by atoms with Crippen LogP contribution in [0.2, 0.25) is 0 Å². The summed E-state index contributed by atoms with van der Waals surface area (Å²) in [5.74, 6) is 1.99. The van der Waals surface area contributed by atoms with E-state index in [1.807, 2.05) is 18.2 Å². The molecule has 0 radical (unpaired) electrons. The molecule has 0 saturated heterocycles. The van der Waals surface area contributed by atoms with Crippen LogP contribution in [0.3, 0.4) is 0 Å². The molecule has 1 fully saturated rings. The Labute approximate surface area is 131 Å². The predicted octanol–water partition coefficient (Wildman–Crippen LogP) is 3.63. The van der Waals surface area contributed by atoms with Gasteiger partial charge in [0.25, 0.3) is 0 Å². The summed E-state index contributed by atoms with van der Waals surface area (Å²) in [6, 6.07) is 10.1. The van der Waals surface area contributed by atoms with Crippen LogP contribution in [-0.4, -0.2) is 16.7 Å². The van der Waals surface area contributed by atoms with E-state index >= 15 is 0 Å². The van der Waals surface area contributed by atoms with Crippen LogP contribution in [0.1, 0.15) is 61.2 Å². The second-order valence-corrected chi connectivity index (χ2v) is 5.52. The molecule has 2 aromatic rings. The Bertz CT molecular complexity index is 537. The van der Waals surface area contributed by atoms with Crippen LogP contribution in [0.15, 0.2) is 34.9 Å². The van der Waals surface area contributed by atoms with Gasteiger partial charge < -0.3 is 10.3 Å². The SMILES string of the molecule is Cl.NCC(c1ccccc1)c1nc(C2CCCCC2)no1. The lowest BCUT2D eigenvalue weighted by molar-refractivity contribution is 0.350. The molecule has 0 spiro atoms. The topological polar surface area (TPSA) is 64.9 Å². The molecule has 0 bridgehead atoms. The standard InChI is InChI=1S/C16H21N3O.ClH/c17-11-14(12-7-3-1-4-8-12)16-18-15(19-20-16)13-9-5-2-6-10-13;/h1,3-4,7-8,13-14H,2,5-6,9-11,17H2;1H. The summed E-state index contributed by atoms with van der Waals surface area (Å²) in [7, 11) is 0. The summed E-state index contributed by atoms with van der Waals surface area (Å²) in [5.41, 5.74) is 7.03. The van der Waals surface area contributed by atoms with Gasteiger partial charge in [0.15, 0.2) is 5.82 Å². The Hall–Kier alpha value is -1.39. The molecule has 0 amide bonds. The van der Waals surface area contributed by atoms with Gasteiger partial charge in [-0.25, -0.2) is 0 Å². The van der Waals surface area contributed by atoms with Crippen molar-refractivity contribution in [2.45, 2.75) is 43.9 Å². The van der Waals surface area contributed by atoms with E-state index in [0.717, 1.165) is 11.4 Å². The third-order valence-corrected chi connectivity index (χ3v) is 4.16. The van der Waals surface area contributed by atoms with Crippen LogP contribution in [0.25, 0.3) is 0 Å². The summed E-state index contributed by atoms with van der Waals surface area (Å²) in [6.07, 6.45) is 6.23. The van der Waals surface area contributed by atoms with E-state index in [-0.39, 0.29) is 18.3 Å². The van der Waals surface area contributed by atoms with Gasteiger partial charge in [-0.3, -0.25) is 0 Å². The van der Waals surface area contributed by atoms with E-state index in [2.05, 4.69) is 22.3 Å². The van der Waals surface area contributed by atoms with Crippen molar-refractivity contribution < 1.29 is 4.52 Å². The molecule has 1 aromatic heterocycles. The first-order valence-electron chi connectivity index (χ1n) is 7.47. The predicted molar refractivity (Wildman–Crippen MR) is 84.7 cm³/mol. The molecular weight excluding hydrogens is 286 g/mol. The van der Waals surface area contributed by atoms with Crippen molar-refractivity contribution in [2.24, 2.45) is 5.73 Å². The minimum atomic E-state index is 0. The van der Waals surface area contributed by atoms with Gasteiger partial charge in [-0.1, -0.05) is 54.8 Å². The maximum Gasteiger partial charge on any atom is 0.235 e. The number of aromatic nitrogens is 2. The maximum absolute atomic E-state index is 5.90. The molecule has 1 aliphatic carbocycles. The number of rotatable bonds is 4. The maximum atomic E-state index is 5.90. The van der Waals surface area contributed by atoms with E-state index in [1.165, 1.54) is 32.1 Å². The minimum absolute atomic E-state index is 0. The Morgan fingerprint density at radius 3 is 2.52 bits per heavy atom. The highest BCUT2D eigenvalue weighted by atomic mass is 35.5. The molecule has 1 saturated carbocycles. The molecule has 1 unspecified atom stereocenters. The van der Waals surface area contributed by atoms with Crippen LogP contribution < -0.4 is 5.73 Å². The third-order valence-electron chi connectivity index (χ3n) is 4.16. The lowest BCUT2D eigenvalue weighted by Gasteiger charge is -2.17. The number of benzene rings is 1. The molecule has 0 aliphatic heterocycles. The largest absolute Gasteiger partial charge is 0.339 e. The van der Waals surface area contributed by atoms with E-state index in [4.69, 9.17) is 10.3 Å². The number of nitrogens with zero attached hydrogens (tertiary/aromatic N) is 2. The molecule has 114 valence electrons. The van der Waals surface area contributed by atoms with Crippen molar-refractivity contribution in [3.8, 4) is 0 Å². The molecule has 1 atom stereocenters. The van der Waals surface area contributed by atoms with Gasteiger partial charge in [-0.15, -0.1) is 12.4 Å². The van der Waals surface area contributed by atoms with Crippen molar-refractivity contribution in [1.82, 2.24) is 10.1 Å². The van der Waals surface area contributed by atoms with Crippen LogP contribution in [0.4, 0.5) is 0 Å². The highest BCUT2D eigenvalue weighted by Gasteiger charge is 2.24. The zero-order valence-corrected chi connectivity index (χ0v) is 12.9. The van der Waals surface area contributed by atoms with Crippen molar-refractivity contribution in [1.29, 1.82) is 0 Å². The average molecular weight is 308 g/mol. The van der Waals surface area contributed by atoms with Crippen LogP contribution in [-0.2, 0) is 0 Å². The minimum Gasteiger partial charge on any atom is -0.339 e. The Balaban J connectivity index is 0.00000161. The first kappa shape index (κ1) is 16.0. The van der Waals surface area contributed by atoms with E-state index < -0.39 is 0 Å². The molecule has 2 N–H and O–H groups in total. The fourth-order valence-corrected chi connectivity index (χ4v) is 2.98. The van der Waals surface area contributed by atoms with Gasteiger partial charge in [0, 0.05) is 12.5 Å². The van der Waals surface area contributed by atoms with Gasteiger partial charge in [0.05, 0.1) is 5.92 Å². The van der Waals surface area contributed by atoms with Gasteiger partial charge in [-0.05, 0) is 18.4 Å². The van der Waals surface area contributed by atoms with E-state index in [0.29, 0.717) is 18.4 Å². The molecule has 1 aliphatic rings. The van der Waals surface area contributed by atoms with Crippen LogP contribution in [0.5, 0.6) is 0 Å². The Morgan fingerprint density at radius 1 is 1.14 bits per heavy atom. The smallest absolute Gasteiger partial charge is 0.235 e. The second-order valence-electron chi connectivity index (χ2n) is 5.52.